The Balaban J connectivity index is 2.72. The first kappa shape index (κ1) is 11.1. The Morgan fingerprint density at radius 1 is 1.29 bits per heavy atom. The van der Waals surface area contributed by atoms with E-state index in [2.05, 4.69) is 19.9 Å². The molecule has 0 amide bonds. The Hall–Kier alpha value is -1.02. The Kier molecular flexibility index (Phi) is 4.47. The molecule has 0 bridgehead atoms. The van der Waals surface area contributed by atoms with Gasteiger partial charge >= 0.3 is 0 Å². The second-order valence-electron chi connectivity index (χ2n) is 3.39. The Morgan fingerprint density at radius 2 is 2.07 bits per heavy atom. The number of rotatable bonds is 5. The first-order valence-electron chi connectivity index (χ1n) is 5.23. The van der Waals surface area contributed by atoms with Crippen LogP contribution in [0.2, 0.25) is 0 Å². The van der Waals surface area contributed by atoms with Gasteiger partial charge in [-0.25, -0.2) is 0 Å². The fourth-order valence-electron chi connectivity index (χ4n) is 1.48. The highest BCUT2D eigenvalue weighted by Crippen LogP contribution is 2.18. The topological polar surface area (TPSA) is 35.2 Å². The highest BCUT2D eigenvalue weighted by atomic mass is 16.5. The van der Waals surface area contributed by atoms with Crippen LogP contribution < -0.4 is 5.73 Å². The summed E-state index contributed by atoms with van der Waals surface area (Å²) in [7, 11) is 0. The monoisotopic (exact) mass is 193 g/mol. The summed E-state index contributed by atoms with van der Waals surface area (Å²) in [6.45, 7) is 5.69. The number of ether oxygens (including phenoxy) is 1. The van der Waals surface area contributed by atoms with Crippen molar-refractivity contribution in [3.63, 3.8) is 0 Å². The minimum Gasteiger partial charge on any atom is -0.398 e. The van der Waals surface area contributed by atoms with Crippen LogP contribution in [0.4, 0.5) is 5.69 Å². The molecule has 0 aromatic heterocycles. The van der Waals surface area contributed by atoms with E-state index in [1.807, 2.05) is 12.1 Å². The van der Waals surface area contributed by atoms with Crippen molar-refractivity contribution in [2.24, 2.45) is 0 Å². The lowest BCUT2D eigenvalue weighted by Crippen LogP contribution is -2.02. The number of benzene rings is 1. The molecule has 0 saturated heterocycles. The molecule has 1 aromatic carbocycles. The predicted molar refractivity (Wildman–Crippen MR) is 60.2 cm³/mol. The zero-order valence-corrected chi connectivity index (χ0v) is 9.05. The largest absolute Gasteiger partial charge is 0.398 e. The fourth-order valence-corrected chi connectivity index (χ4v) is 1.48. The lowest BCUT2D eigenvalue weighted by molar-refractivity contribution is 0.121. The summed E-state index contributed by atoms with van der Waals surface area (Å²) >= 11 is 0. The van der Waals surface area contributed by atoms with E-state index in [9.17, 15) is 0 Å². The SMILES string of the molecule is CCCOCc1c(N)cccc1CC. The van der Waals surface area contributed by atoms with Crippen molar-refractivity contribution in [3.8, 4) is 0 Å². The summed E-state index contributed by atoms with van der Waals surface area (Å²) < 4.78 is 5.51. The molecule has 0 aliphatic rings. The number of nitrogen functional groups attached to an aromatic ring is 1. The van der Waals surface area contributed by atoms with Gasteiger partial charge in [-0.05, 0) is 24.5 Å². The smallest absolute Gasteiger partial charge is 0.0739 e. The van der Waals surface area contributed by atoms with E-state index in [4.69, 9.17) is 10.5 Å². The van der Waals surface area contributed by atoms with E-state index in [0.717, 1.165) is 30.7 Å². The first-order chi connectivity index (χ1) is 6.79. The minimum atomic E-state index is 0.643. The second kappa shape index (κ2) is 5.66. The molecular weight excluding hydrogens is 174 g/mol. The Bertz CT molecular complexity index is 284. The summed E-state index contributed by atoms with van der Waals surface area (Å²) in [5.41, 5.74) is 9.20. The molecule has 0 spiro atoms. The minimum absolute atomic E-state index is 0.643. The summed E-state index contributed by atoms with van der Waals surface area (Å²) in [6, 6.07) is 6.04. The summed E-state index contributed by atoms with van der Waals surface area (Å²) in [5, 5.41) is 0. The van der Waals surface area contributed by atoms with E-state index in [1.165, 1.54) is 5.56 Å². The van der Waals surface area contributed by atoms with E-state index < -0.39 is 0 Å². The average Bonchev–Trinajstić information content (AvgIpc) is 2.20. The molecule has 0 aliphatic carbocycles. The van der Waals surface area contributed by atoms with Gasteiger partial charge in [-0.3, -0.25) is 0 Å². The molecule has 2 heteroatoms. The number of hydrogen-bond acceptors (Lipinski definition) is 2. The molecule has 2 nitrogen and oxygen atoms in total. The average molecular weight is 193 g/mol. The Morgan fingerprint density at radius 3 is 2.71 bits per heavy atom. The maximum atomic E-state index is 5.90. The predicted octanol–water partition coefficient (Wildman–Crippen LogP) is 2.76. The maximum absolute atomic E-state index is 5.90. The third kappa shape index (κ3) is 2.74. The van der Waals surface area contributed by atoms with Crippen molar-refractivity contribution in [1.29, 1.82) is 0 Å². The molecule has 0 aliphatic heterocycles. The van der Waals surface area contributed by atoms with Crippen LogP contribution in [0.15, 0.2) is 18.2 Å². The highest BCUT2D eigenvalue weighted by molar-refractivity contribution is 5.50. The normalized spacial score (nSPS) is 10.4. The molecule has 14 heavy (non-hydrogen) atoms. The Labute approximate surface area is 86.1 Å². The third-order valence-corrected chi connectivity index (χ3v) is 2.29. The zero-order chi connectivity index (χ0) is 10.4. The third-order valence-electron chi connectivity index (χ3n) is 2.29. The second-order valence-corrected chi connectivity index (χ2v) is 3.39. The molecule has 0 unspecified atom stereocenters. The number of nitrogens with two attached hydrogens (primary N) is 1. The van der Waals surface area contributed by atoms with E-state index >= 15 is 0 Å². The van der Waals surface area contributed by atoms with E-state index in [-0.39, 0.29) is 0 Å². The van der Waals surface area contributed by atoms with E-state index in [0.29, 0.717) is 6.61 Å². The first-order valence-corrected chi connectivity index (χ1v) is 5.23. The number of aryl methyl sites for hydroxylation is 1. The van der Waals surface area contributed by atoms with Crippen LogP contribution in [0, 0.1) is 0 Å². The van der Waals surface area contributed by atoms with Gasteiger partial charge in [0.25, 0.3) is 0 Å². The summed E-state index contributed by atoms with van der Waals surface area (Å²) in [5.74, 6) is 0. The van der Waals surface area contributed by atoms with Gasteiger partial charge in [0.05, 0.1) is 6.61 Å². The van der Waals surface area contributed by atoms with Gasteiger partial charge in [0, 0.05) is 17.9 Å². The van der Waals surface area contributed by atoms with Gasteiger partial charge < -0.3 is 10.5 Å². The van der Waals surface area contributed by atoms with Crippen molar-refractivity contribution in [2.75, 3.05) is 12.3 Å². The molecule has 2 N–H and O–H groups in total. The molecule has 0 atom stereocenters. The van der Waals surface area contributed by atoms with Gasteiger partial charge in [-0.2, -0.15) is 0 Å². The quantitative estimate of drug-likeness (QED) is 0.576. The van der Waals surface area contributed by atoms with Gasteiger partial charge in [0.15, 0.2) is 0 Å². The van der Waals surface area contributed by atoms with Crippen LogP contribution in [0.1, 0.15) is 31.4 Å². The lowest BCUT2D eigenvalue weighted by Gasteiger charge is -2.10. The zero-order valence-electron chi connectivity index (χ0n) is 9.05. The van der Waals surface area contributed by atoms with Gasteiger partial charge in [-0.15, -0.1) is 0 Å². The molecule has 0 fully saturated rings. The van der Waals surface area contributed by atoms with E-state index in [1.54, 1.807) is 0 Å². The van der Waals surface area contributed by atoms with Crippen molar-refractivity contribution in [3.05, 3.63) is 29.3 Å². The maximum Gasteiger partial charge on any atom is 0.0739 e. The molecule has 0 saturated carbocycles. The van der Waals surface area contributed by atoms with Crippen LogP contribution >= 0.6 is 0 Å². The number of anilines is 1. The number of hydrogen-bond donors (Lipinski definition) is 1. The van der Waals surface area contributed by atoms with Crippen molar-refractivity contribution < 1.29 is 4.74 Å². The summed E-state index contributed by atoms with van der Waals surface area (Å²) in [4.78, 5) is 0. The summed E-state index contributed by atoms with van der Waals surface area (Å²) in [6.07, 6.45) is 2.06. The van der Waals surface area contributed by atoms with Crippen molar-refractivity contribution in [2.45, 2.75) is 33.3 Å². The van der Waals surface area contributed by atoms with Crippen LogP contribution in [0.25, 0.3) is 0 Å². The fraction of sp³-hybridized carbons (Fsp3) is 0.500. The van der Waals surface area contributed by atoms with Crippen LogP contribution in [-0.2, 0) is 17.8 Å². The van der Waals surface area contributed by atoms with Gasteiger partial charge in [0.1, 0.15) is 0 Å². The molecule has 0 radical (unpaired) electrons. The standard InChI is InChI=1S/C12H19NO/c1-3-8-14-9-11-10(4-2)6-5-7-12(11)13/h5-7H,3-4,8-9,13H2,1-2H3. The molecular formula is C12H19NO. The van der Waals surface area contributed by atoms with Crippen molar-refractivity contribution >= 4 is 5.69 Å². The van der Waals surface area contributed by atoms with Crippen LogP contribution in [0.5, 0.6) is 0 Å². The van der Waals surface area contributed by atoms with Gasteiger partial charge in [-0.1, -0.05) is 26.0 Å². The van der Waals surface area contributed by atoms with Crippen LogP contribution in [0.3, 0.4) is 0 Å². The molecule has 0 heterocycles. The molecule has 1 rings (SSSR count). The van der Waals surface area contributed by atoms with Gasteiger partial charge in [0.2, 0.25) is 0 Å². The highest BCUT2D eigenvalue weighted by Gasteiger charge is 2.04. The van der Waals surface area contributed by atoms with Crippen LogP contribution in [-0.4, -0.2) is 6.61 Å². The lowest BCUT2D eigenvalue weighted by atomic mass is 10.0. The molecule has 78 valence electrons. The van der Waals surface area contributed by atoms with Crippen molar-refractivity contribution in [1.82, 2.24) is 0 Å². The molecule has 1 aromatic rings.